The molecule has 3 heterocycles. The number of piperazine rings is 1. The van der Waals surface area contributed by atoms with Crippen LogP contribution in [0.4, 0.5) is 5.69 Å². The van der Waals surface area contributed by atoms with Crippen molar-refractivity contribution in [2.24, 2.45) is 5.92 Å². The molecule has 2 saturated heterocycles. The third kappa shape index (κ3) is 5.17. The molecule has 0 spiro atoms. The predicted octanol–water partition coefficient (Wildman–Crippen LogP) is 1.31. The monoisotopic (exact) mass is 360 g/mol. The summed E-state index contributed by atoms with van der Waals surface area (Å²) in [5.74, 6) is -0.183. The molecule has 26 heavy (non-hydrogen) atoms. The number of piperidine rings is 1. The van der Waals surface area contributed by atoms with Crippen LogP contribution in [0.1, 0.15) is 25.7 Å². The number of carbonyl (C=O) groups excluding carboxylic acids is 1. The molecule has 0 bridgehead atoms. The second kappa shape index (κ2) is 8.98. The molecule has 2 aliphatic heterocycles. The highest BCUT2D eigenvalue weighted by molar-refractivity contribution is 5.76. The maximum Gasteiger partial charge on any atom is 0.303 e. The molecular formula is C19H28N4O3. The number of hydrogen-bond acceptors (Lipinski definition) is 5. The SMILES string of the molecule is O=C(O)CC1CCN(CCC(=O)N2CCN(c3ccncc3)CC2)CC1. The van der Waals surface area contributed by atoms with E-state index in [2.05, 4.69) is 14.8 Å². The summed E-state index contributed by atoms with van der Waals surface area (Å²) in [5.41, 5.74) is 1.16. The van der Waals surface area contributed by atoms with Crippen molar-refractivity contribution in [1.29, 1.82) is 0 Å². The minimum absolute atomic E-state index is 0.229. The summed E-state index contributed by atoms with van der Waals surface area (Å²) in [7, 11) is 0. The standard InChI is InChI=1S/C19H28N4O3/c24-18(5-10-21-8-3-16(4-9-21)15-19(25)26)23-13-11-22(12-14-23)17-1-6-20-7-2-17/h1-2,6-7,16H,3-5,8-15H2,(H,25,26). The average molecular weight is 360 g/mol. The van der Waals surface area contributed by atoms with E-state index in [4.69, 9.17) is 5.11 Å². The lowest BCUT2D eigenvalue weighted by atomic mass is 9.93. The van der Waals surface area contributed by atoms with E-state index < -0.39 is 5.97 Å². The number of anilines is 1. The highest BCUT2D eigenvalue weighted by Gasteiger charge is 2.24. The fourth-order valence-electron chi connectivity index (χ4n) is 3.84. The maximum atomic E-state index is 12.5. The van der Waals surface area contributed by atoms with Crippen molar-refractivity contribution in [2.45, 2.75) is 25.7 Å². The van der Waals surface area contributed by atoms with Crippen molar-refractivity contribution < 1.29 is 14.7 Å². The summed E-state index contributed by atoms with van der Waals surface area (Å²) in [6.07, 6.45) is 6.27. The number of nitrogens with zero attached hydrogens (tertiary/aromatic N) is 4. The molecule has 0 saturated carbocycles. The highest BCUT2D eigenvalue weighted by Crippen LogP contribution is 2.21. The number of carboxylic acid groups (broad SMARTS) is 1. The van der Waals surface area contributed by atoms with Gasteiger partial charge in [0.05, 0.1) is 0 Å². The van der Waals surface area contributed by atoms with Gasteiger partial charge in [-0.15, -0.1) is 0 Å². The summed E-state index contributed by atoms with van der Waals surface area (Å²) in [4.78, 5) is 33.9. The maximum absolute atomic E-state index is 12.5. The smallest absolute Gasteiger partial charge is 0.303 e. The molecule has 0 radical (unpaired) electrons. The van der Waals surface area contributed by atoms with Crippen molar-refractivity contribution in [3.05, 3.63) is 24.5 Å². The van der Waals surface area contributed by atoms with Crippen molar-refractivity contribution in [1.82, 2.24) is 14.8 Å². The number of hydrogen-bond donors (Lipinski definition) is 1. The van der Waals surface area contributed by atoms with E-state index >= 15 is 0 Å². The molecule has 0 aliphatic carbocycles. The van der Waals surface area contributed by atoms with Crippen molar-refractivity contribution in [3.8, 4) is 0 Å². The van der Waals surface area contributed by atoms with Crippen molar-refractivity contribution in [3.63, 3.8) is 0 Å². The Bertz CT molecular complexity index is 594. The van der Waals surface area contributed by atoms with Crippen LogP contribution >= 0.6 is 0 Å². The second-order valence-electron chi connectivity index (χ2n) is 7.21. The molecule has 0 aromatic carbocycles. The van der Waals surface area contributed by atoms with Gasteiger partial charge in [0.15, 0.2) is 0 Å². The zero-order valence-electron chi connectivity index (χ0n) is 15.2. The third-order valence-corrected chi connectivity index (χ3v) is 5.47. The average Bonchev–Trinajstić information content (AvgIpc) is 2.67. The van der Waals surface area contributed by atoms with Crippen LogP contribution in [-0.2, 0) is 9.59 Å². The summed E-state index contributed by atoms with van der Waals surface area (Å²) in [6.45, 7) is 5.83. The lowest BCUT2D eigenvalue weighted by Gasteiger charge is -2.37. The van der Waals surface area contributed by atoms with Gasteiger partial charge in [-0.2, -0.15) is 0 Å². The zero-order chi connectivity index (χ0) is 18.4. The van der Waals surface area contributed by atoms with Crippen LogP contribution in [0.25, 0.3) is 0 Å². The summed E-state index contributed by atoms with van der Waals surface area (Å²) in [6, 6.07) is 4.01. The van der Waals surface area contributed by atoms with Gasteiger partial charge >= 0.3 is 5.97 Å². The minimum Gasteiger partial charge on any atom is -0.481 e. The van der Waals surface area contributed by atoms with Crippen LogP contribution < -0.4 is 4.90 Å². The molecule has 2 fully saturated rings. The minimum atomic E-state index is -0.704. The molecule has 2 aliphatic rings. The molecule has 0 atom stereocenters. The molecule has 1 aromatic rings. The lowest BCUT2D eigenvalue weighted by Crippen LogP contribution is -2.49. The second-order valence-corrected chi connectivity index (χ2v) is 7.21. The number of likely N-dealkylation sites (tertiary alicyclic amines) is 1. The van der Waals surface area contributed by atoms with E-state index in [1.54, 1.807) is 12.4 Å². The number of pyridine rings is 1. The highest BCUT2D eigenvalue weighted by atomic mass is 16.4. The Morgan fingerprint density at radius 2 is 1.69 bits per heavy atom. The van der Waals surface area contributed by atoms with Crippen LogP contribution in [0.2, 0.25) is 0 Å². The topological polar surface area (TPSA) is 77.0 Å². The molecule has 7 nitrogen and oxygen atoms in total. The van der Waals surface area contributed by atoms with Gasteiger partial charge in [-0.05, 0) is 44.0 Å². The first-order valence-corrected chi connectivity index (χ1v) is 9.48. The number of aromatic nitrogens is 1. The summed E-state index contributed by atoms with van der Waals surface area (Å²) < 4.78 is 0. The van der Waals surface area contributed by atoms with Crippen molar-refractivity contribution >= 4 is 17.6 Å². The van der Waals surface area contributed by atoms with Crippen LogP contribution in [0, 0.1) is 5.92 Å². The lowest BCUT2D eigenvalue weighted by molar-refractivity contribution is -0.138. The first kappa shape index (κ1) is 18.6. The normalized spacial score (nSPS) is 19.5. The van der Waals surface area contributed by atoms with E-state index in [-0.39, 0.29) is 12.3 Å². The molecule has 1 aromatic heterocycles. The Morgan fingerprint density at radius 1 is 1.04 bits per heavy atom. The predicted molar refractivity (Wildman–Crippen MR) is 99.1 cm³/mol. The fourth-order valence-corrected chi connectivity index (χ4v) is 3.84. The third-order valence-electron chi connectivity index (χ3n) is 5.47. The number of aliphatic carboxylic acids is 1. The molecular weight excluding hydrogens is 332 g/mol. The first-order valence-electron chi connectivity index (χ1n) is 9.48. The van der Waals surface area contributed by atoms with E-state index in [9.17, 15) is 9.59 Å². The van der Waals surface area contributed by atoms with Gasteiger partial charge in [-0.3, -0.25) is 14.6 Å². The Kier molecular flexibility index (Phi) is 6.44. The van der Waals surface area contributed by atoms with Crippen LogP contribution in [0.3, 0.4) is 0 Å². The largest absolute Gasteiger partial charge is 0.481 e. The van der Waals surface area contributed by atoms with Gasteiger partial charge in [0.25, 0.3) is 0 Å². The van der Waals surface area contributed by atoms with Gasteiger partial charge in [0, 0.05) is 63.6 Å². The van der Waals surface area contributed by atoms with E-state index in [1.807, 2.05) is 17.0 Å². The summed E-state index contributed by atoms with van der Waals surface area (Å²) in [5, 5.41) is 8.87. The molecule has 142 valence electrons. The molecule has 0 unspecified atom stereocenters. The molecule has 3 rings (SSSR count). The Hall–Kier alpha value is -2.15. The van der Waals surface area contributed by atoms with Gasteiger partial charge < -0.3 is 19.8 Å². The Morgan fingerprint density at radius 3 is 2.31 bits per heavy atom. The first-order chi connectivity index (χ1) is 12.6. The van der Waals surface area contributed by atoms with Crippen LogP contribution in [0.15, 0.2) is 24.5 Å². The van der Waals surface area contributed by atoms with E-state index in [0.717, 1.165) is 64.3 Å². The Labute approximate surface area is 154 Å². The molecule has 7 heteroatoms. The van der Waals surface area contributed by atoms with Crippen LogP contribution in [0.5, 0.6) is 0 Å². The van der Waals surface area contributed by atoms with Crippen molar-refractivity contribution in [2.75, 3.05) is 50.7 Å². The quantitative estimate of drug-likeness (QED) is 0.824. The fraction of sp³-hybridized carbons (Fsp3) is 0.632. The van der Waals surface area contributed by atoms with Gasteiger partial charge in [-0.25, -0.2) is 0 Å². The number of rotatable bonds is 6. The van der Waals surface area contributed by atoms with E-state index in [0.29, 0.717) is 12.3 Å². The number of carbonyl (C=O) groups is 2. The molecule has 1 N–H and O–H groups in total. The Balaban J connectivity index is 1.35. The van der Waals surface area contributed by atoms with Gasteiger partial charge in [-0.1, -0.05) is 0 Å². The van der Waals surface area contributed by atoms with Gasteiger partial charge in [0.2, 0.25) is 5.91 Å². The molecule has 1 amide bonds. The number of amides is 1. The number of carboxylic acids is 1. The summed E-state index contributed by atoms with van der Waals surface area (Å²) >= 11 is 0. The van der Waals surface area contributed by atoms with Gasteiger partial charge in [0.1, 0.15) is 0 Å². The van der Waals surface area contributed by atoms with Crippen LogP contribution in [-0.4, -0.2) is 77.6 Å². The zero-order valence-corrected chi connectivity index (χ0v) is 15.2. The van der Waals surface area contributed by atoms with E-state index in [1.165, 1.54) is 0 Å².